The molecule has 1 unspecified atom stereocenters. The van der Waals surface area contributed by atoms with Crippen LogP contribution in [0.15, 0.2) is 30.3 Å². The first-order valence-electron chi connectivity index (χ1n) is 6.59. The fraction of sp³-hybridized carbons (Fsp3) is 0.600. The van der Waals surface area contributed by atoms with E-state index in [0.29, 0.717) is 6.04 Å². The molecule has 0 spiro atoms. The van der Waals surface area contributed by atoms with E-state index in [1.54, 1.807) is 0 Å². The molecule has 1 atom stereocenters. The molecular weight excluding hydrogens is 210 g/mol. The van der Waals surface area contributed by atoms with E-state index in [9.17, 15) is 0 Å². The highest BCUT2D eigenvalue weighted by atomic mass is 16.5. The molecule has 1 aromatic rings. The minimum atomic E-state index is 0.603. The molecule has 2 heteroatoms. The topological polar surface area (TPSA) is 21.3 Å². The molecule has 0 amide bonds. The van der Waals surface area contributed by atoms with Crippen LogP contribution in [0.4, 0.5) is 0 Å². The summed E-state index contributed by atoms with van der Waals surface area (Å²) in [6.07, 6.45) is 2.29. The fourth-order valence-electron chi connectivity index (χ4n) is 1.92. The minimum absolute atomic E-state index is 0.603. The molecule has 1 aromatic carbocycles. The number of hydrogen-bond acceptors (Lipinski definition) is 2. The van der Waals surface area contributed by atoms with Crippen LogP contribution >= 0.6 is 0 Å². The summed E-state index contributed by atoms with van der Waals surface area (Å²) in [5.41, 5.74) is 0. The van der Waals surface area contributed by atoms with E-state index in [-0.39, 0.29) is 0 Å². The molecule has 2 nitrogen and oxygen atoms in total. The third-order valence-corrected chi connectivity index (χ3v) is 2.65. The molecule has 0 saturated carbocycles. The summed E-state index contributed by atoms with van der Waals surface area (Å²) in [7, 11) is 0. The van der Waals surface area contributed by atoms with E-state index in [1.165, 1.54) is 6.42 Å². The smallest absolute Gasteiger partial charge is 0.119 e. The molecule has 96 valence electrons. The van der Waals surface area contributed by atoms with Gasteiger partial charge >= 0.3 is 0 Å². The van der Waals surface area contributed by atoms with Crippen LogP contribution in [0.2, 0.25) is 0 Å². The molecule has 1 rings (SSSR count). The van der Waals surface area contributed by atoms with E-state index < -0.39 is 0 Å². The van der Waals surface area contributed by atoms with Gasteiger partial charge in [-0.3, -0.25) is 0 Å². The van der Waals surface area contributed by atoms with Gasteiger partial charge < -0.3 is 10.1 Å². The van der Waals surface area contributed by atoms with Crippen molar-refractivity contribution < 1.29 is 4.74 Å². The summed E-state index contributed by atoms with van der Waals surface area (Å²) >= 11 is 0. The summed E-state index contributed by atoms with van der Waals surface area (Å²) < 4.78 is 5.63. The van der Waals surface area contributed by atoms with Gasteiger partial charge in [-0.1, -0.05) is 32.0 Å². The van der Waals surface area contributed by atoms with E-state index in [0.717, 1.165) is 31.2 Å². The first-order valence-corrected chi connectivity index (χ1v) is 6.59. The van der Waals surface area contributed by atoms with Crippen molar-refractivity contribution >= 4 is 0 Å². The largest absolute Gasteiger partial charge is 0.494 e. The zero-order chi connectivity index (χ0) is 12.5. The lowest BCUT2D eigenvalue weighted by atomic mass is 10.1. The molecule has 0 aliphatic carbocycles. The number of nitrogens with one attached hydrogen (secondary N) is 1. The summed E-state index contributed by atoms with van der Waals surface area (Å²) in [6, 6.07) is 10.6. The summed E-state index contributed by atoms with van der Waals surface area (Å²) in [4.78, 5) is 0. The van der Waals surface area contributed by atoms with Gasteiger partial charge in [-0.25, -0.2) is 0 Å². The number of hydrogen-bond donors (Lipinski definition) is 1. The maximum absolute atomic E-state index is 5.63. The molecule has 0 aliphatic heterocycles. The first kappa shape index (κ1) is 14.0. The number of para-hydroxylation sites is 1. The van der Waals surface area contributed by atoms with Crippen molar-refractivity contribution in [3.05, 3.63) is 30.3 Å². The Balaban J connectivity index is 2.01. The lowest BCUT2D eigenvalue weighted by Crippen LogP contribution is -2.29. The van der Waals surface area contributed by atoms with Gasteiger partial charge in [-0.05, 0) is 44.4 Å². The van der Waals surface area contributed by atoms with E-state index >= 15 is 0 Å². The predicted octanol–water partition coefficient (Wildman–Crippen LogP) is 3.48. The van der Waals surface area contributed by atoms with Gasteiger partial charge in [0.15, 0.2) is 0 Å². The first-order chi connectivity index (χ1) is 8.18. The highest BCUT2D eigenvalue weighted by Gasteiger charge is 2.03. The Morgan fingerprint density at radius 1 is 1.12 bits per heavy atom. The van der Waals surface area contributed by atoms with Crippen LogP contribution in [0.1, 0.15) is 33.6 Å². The SMILES string of the molecule is CC(C)CC(C)NCCCOc1ccccc1. The predicted molar refractivity (Wildman–Crippen MR) is 73.5 cm³/mol. The van der Waals surface area contributed by atoms with E-state index in [1.807, 2.05) is 30.3 Å². The highest BCUT2D eigenvalue weighted by Crippen LogP contribution is 2.08. The van der Waals surface area contributed by atoms with Crippen LogP contribution in [-0.4, -0.2) is 19.2 Å². The third kappa shape index (κ3) is 7.01. The van der Waals surface area contributed by atoms with Crippen molar-refractivity contribution in [3.63, 3.8) is 0 Å². The molecule has 0 aromatic heterocycles. The van der Waals surface area contributed by atoms with Crippen molar-refractivity contribution in [2.75, 3.05) is 13.2 Å². The van der Waals surface area contributed by atoms with Gasteiger partial charge in [-0.2, -0.15) is 0 Å². The van der Waals surface area contributed by atoms with Crippen LogP contribution in [-0.2, 0) is 0 Å². The monoisotopic (exact) mass is 235 g/mol. The maximum atomic E-state index is 5.63. The molecule has 1 N–H and O–H groups in total. The molecule has 0 saturated heterocycles. The highest BCUT2D eigenvalue weighted by molar-refractivity contribution is 5.20. The van der Waals surface area contributed by atoms with Gasteiger partial charge in [0.2, 0.25) is 0 Å². The third-order valence-electron chi connectivity index (χ3n) is 2.65. The van der Waals surface area contributed by atoms with Crippen molar-refractivity contribution in [1.29, 1.82) is 0 Å². The van der Waals surface area contributed by atoms with E-state index in [2.05, 4.69) is 26.1 Å². The van der Waals surface area contributed by atoms with Crippen molar-refractivity contribution in [3.8, 4) is 5.75 Å². The van der Waals surface area contributed by atoms with Crippen LogP contribution in [0.5, 0.6) is 5.75 Å². The Morgan fingerprint density at radius 2 is 1.82 bits per heavy atom. The van der Waals surface area contributed by atoms with Gasteiger partial charge in [0.25, 0.3) is 0 Å². The molecule has 0 bridgehead atoms. The summed E-state index contributed by atoms with van der Waals surface area (Å²) in [5, 5.41) is 3.52. The van der Waals surface area contributed by atoms with E-state index in [4.69, 9.17) is 4.74 Å². The quantitative estimate of drug-likeness (QED) is 0.697. The average molecular weight is 235 g/mol. The molecule has 0 radical (unpaired) electrons. The Bertz CT molecular complexity index is 284. The summed E-state index contributed by atoms with van der Waals surface area (Å²) in [6.45, 7) is 8.58. The zero-order valence-electron chi connectivity index (χ0n) is 11.3. The lowest BCUT2D eigenvalue weighted by molar-refractivity contribution is 0.303. The Labute approximate surface area is 105 Å². The Hall–Kier alpha value is -1.02. The molecule has 0 aliphatic rings. The normalized spacial score (nSPS) is 12.7. The number of ether oxygens (including phenoxy) is 1. The van der Waals surface area contributed by atoms with Crippen molar-refractivity contribution in [2.24, 2.45) is 5.92 Å². The van der Waals surface area contributed by atoms with Gasteiger partial charge in [0.1, 0.15) is 5.75 Å². The number of rotatable bonds is 8. The van der Waals surface area contributed by atoms with Gasteiger partial charge in [0, 0.05) is 6.04 Å². The average Bonchev–Trinajstić information content (AvgIpc) is 2.29. The number of benzene rings is 1. The van der Waals surface area contributed by atoms with Gasteiger partial charge in [0.05, 0.1) is 6.61 Å². The Morgan fingerprint density at radius 3 is 2.47 bits per heavy atom. The molecule has 0 fully saturated rings. The second-order valence-corrected chi connectivity index (χ2v) is 5.00. The molecule has 17 heavy (non-hydrogen) atoms. The van der Waals surface area contributed by atoms with Crippen molar-refractivity contribution in [2.45, 2.75) is 39.7 Å². The Kier molecular flexibility index (Phi) is 6.71. The fourth-order valence-corrected chi connectivity index (χ4v) is 1.92. The summed E-state index contributed by atoms with van der Waals surface area (Å²) in [5.74, 6) is 1.72. The second kappa shape index (κ2) is 8.13. The molecule has 0 heterocycles. The van der Waals surface area contributed by atoms with Gasteiger partial charge in [-0.15, -0.1) is 0 Å². The van der Waals surface area contributed by atoms with Crippen LogP contribution in [0, 0.1) is 5.92 Å². The molecular formula is C15H25NO. The van der Waals surface area contributed by atoms with Crippen LogP contribution < -0.4 is 10.1 Å². The van der Waals surface area contributed by atoms with Crippen LogP contribution in [0.25, 0.3) is 0 Å². The lowest BCUT2D eigenvalue weighted by Gasteiger charge is -2.15. The zero-order valence-corrected chi connectivity index (χ0v) is 11.3. The van der Waals surface area contributed by atoms with Crippen LogP contribution in [0.3, 0.4) is 0 Å². The minimum Gasteiger partial charge on any atom is -0.494 e. The maximum Gasteiger partial charge on any atom is 0.119 e. The standard InChI is InChI=1S/C15H25NO/c1-13(2)12-14(3)16-10-7-11-17-15-8-5-4-6-9-15/h4-6,8-9,13-14,16H,7,10-12H2,1-3H3. The second-order valence-electron chi connectivity index (χ2n) is 5.00. The van der Waals surface area contributed by atoms with Crippen molar-refractivity contribution in [1.82, 2.24) is 5.32 Å².